The van der Waals surface area contributed by atoms with E-state index in [4.69, 9.17) is 20.6 Å². The molecule has 4 nitrogen and oxygen atoms in total. The Labute approximate surface area is 132 Å². The van der Waals surface area contributed by atoms with E-state index in [1.807, 2.05) is 12.1 Å². The maximum Gasteiger partial charge on any atom is 0.362 e. The first kappa shape index (κ1) is 17.9. The maximum atomic E-state index is 12.3. The minimum absolute atomic E-state index is 0.179. The Bertz CT molecular complexity index is 494. The van der Waals surface area contributed by atoms with Crippen LogP contribution in [0.4, 0.5) is 0 Å². The molecule has 0 saturated carbocycles. The van der Waals surface area contributed by atoms with E-state index < -0.39 is 13.4 Å². The van der Waals surface area contributed by atoms with Crippen molar-refractivity contribution in [1.29, 1.82) is 0 Å². The molecule has 112 valence electrons. The fourth-order valence-corrected chi connectivity index (χ4v) is 3.51. The number of aliphatic hydroxyl groups is 1. The molecule has 20 heavy (non-hydrogen) atoms. The molecule has 0 aromatic heterocycles. The highest BCUT2D eigenvalue weighted by molar-refractivity contribution is 9.10. The third-order valence-corrected chi connectivity index (χ3v) is 5.26. The summed E-state index contributed by atoms with van der Waals surface area (Å²) in [7, 11) is -3.61. The molecule has 1 N–H and O–H groups in total. The van der Waals surface area contributed by atoms with Crippen LogP contribution in [0.5, 0.6) is 0 Å². The van der Waals surface area contributed by atoms with Crippen molar-refractivity contribution in [2.45, 2.75) is 19.7 Å². The molecule has 7 heteroatoms. The Balaban J connectivity index is 2.95. The summed E-state index contributed by atoms with van der Waals surface area (Å²) in [6.07, 6.45) is 1.27. The topological polar surface area (TPSA) is 55.8 Å². The Morgan fingerprint density at radius 3 is 2.30 bits per heavy atom. The lowest BCUT2D eigenvalue weighted by Crippen LogP contribution is -2.10. The van der Waals surface area contributed by atoms with Gasteiger partial charge in [0, 0.05) is 9.51 Å². The van der Waals surface area contributed by atoms with Gasteiger partial charge in [-0.15, -0.1) is 0 Å². The van der Waals surface area contributed by atoms with Gasteiger partial charge in [0.2, 0.25) is 0 Å². The second-order valence-electron chi connectivity index (χ2n) is 3.81. The van der Waals surface area contributed by atoms with Crippen LogP contribution in [0.2, 0.25) is 0 Å². The van der Waals surface area contributed by atoms with Gasteiger partial charge in [-0.25, -0.2) is 0 Å². The van der Waals surface area contributed by atoms with Gasteiger partial charge in [-0.2, -0.15) is 0 Å². The highest BCUT2D eigenvalue weighted by atomic mass is 79.9. The van der Waals surface area contributed by atoms with E-state index in [-0.39, 0.29) is 18.2 Å². The first-order valence-electron chi connectivity index (χ1n) is 6.13. The van der Waals surface area contributed by atoms with Gasteiger partial charge in [0.05, 0.1) is 13.2 Å². The second kappa shape index (κ2) is 8.32. The molecule has 0 aliphatic heterocycles. The van der Waals surface area contributed by atoms with Crippen LogP contribution in [0.3, 0.4) is 0 Å². The Morgan fingerprint density at radius 1 is 1.35 bits per heavy atom. The molecule has 1 aromatic carbocycles. The number of aliphatic hydroxyl groups excluding tert-OH is 1. The zero-order valence-electron chi connectivity index (χ0n) is 11.3. The lowest BCUT2D eigenvalue weighted by atomic mass is 10.2. The molecule has 1 aromatic rings. The predicted octanol–water partition coefficient (Wildman–Crippen LogP) is 4.61. The molecule has 0 fully saturated rings. The van der Waals surface area contributed by atoms with E-state index in [2.05, 4.69) is 15.9 Å². The molecule has 1 unspecified atom stereocenters. The van der Waals surface area contributed by atoms with Crippen molar-refractivity contribution < 1.29 is 18.7 Å². The Kier molecular flexibility index (Phi) is 7.45. The largest absolute Gasteiger partial charge is 0.377 e. The molecule has 0 amide bonds. The van der Waals surface area contributed by atoms with Crippen LogP contribution >= 0.6 is 35.1 Å². The van der Waals surface area contributed by atoms with Crippen molar-refractivity contribution >= 4 is 40.2 Å². The standard InChI is InChI=1S/C13H17BrClO4P/c1-3-18-20(17,19-4-2)13(16)9-12(15)10-5-7-11(14)8-6-10/h5-9,13,16H,3-4H2,1-2H3/b12-9-. The smallest absolute Gasteiger partial charge is 0.362 e. The molecule has 0 heterocycles. The Hall–Kier alpha value is -0.160. The van der Waals surface area contributed by atoms with E-state index in [0.717, 1.165) is 4.47 Å². The van der Waals surface area contributed by atoms with Crippen LogP contribution in [0, 0.1) is 0 Å². The van der Waals surface area contributed by atoms with Crippen LogP contribution < -0.4 is 0 Å². The van der Waals surface area contributed by atoms with Gasteiger partial charge in [0.15, 0.2) is 5.85 Å². The van der Waals surface area contributed by atoms with Crippen molar-refractivity contribution in [3.8, 4) is 0 Å². The lowest BCUT2D eigenvalue weighted by Gasteiger charge is -2.20. The quantitative estimate of drug-likeness (QED) is 0.698. The van der Waals surface area contributed by atoms with E-state index >= 15 is 0 Å². The molecule has 0 aliphatic carbocycles. The van der Waals surface area contributed by atoms with Gasteiger partial charge < -0.3 is 14.2 Å². The van der Waals surface area contributed by atoms with Crippen LogP contribution in [0.1, 0.15) is 19.4 Å². The zero-order chi connectivity index (χ0) is 15.2. The summed E-state index contributed by atoms with van der Waals surface area (Å²) in [4.78, 5) is 0. The molecule has 0 bridgehead atoms. The van der Waals surface area contributed by atoms with Crippen molar-refractivity contribution in [3.63, 3.8) is 0 Å². The summed E-state index contributed by atoms with van der Waals surface area (Å²) >= 11 is 9.44. The number of benzene rings is 1. The molecule has 0 saturated heterocycles. The predicted molar refractivity (Wildman–Crippen MR) is 84.8 cm³/mol. The van der Waals surface area contributed by atoms with E-state index in [0.29, 0.717) is 5.56 Å². The van der Waals surface area contributed by atoms with Crippen molar-refractivity contribution in [2.24, 2.45) is 0 Å². The molecule has 0 spiro atoms. The van der Waals surface area contributed by atoms with Crippen LogP contribution in [-0.4, -0.2) is 24.2 Å². The Morgan fingerprint density at radius 2 is 1.85 bits per heavy atom. The normalized spacial score (nSPS) is 14.3. The number of halogens is 2. The summed E-state index contributed by atoms with van der Waals surface area (Å²) in [5.41, 5.74) is 0.702. The maximum absolute atomic E-state index is 12.3. The third-order valence-electron chi connectivity index (χ3n) is 2.36. The van der Waals surface area contributed by atoms with Crippen LogP contribution in [-0.2, 0) is 13.6 Å². The van der Waals surface area contributed by atoms with Crippen molar-refractivity contribution in [3.05, 3.63) is 40.4 Å². The highest BCUT2D eigenvalue weighted by Gasteiger charge is 2.32. The van der Waals surface area contributed by atoms with Gasteiger partial charge in [-0.1, -0.05) is 39.7 Å². The molecular weight excluding hydrogens is 366 g/mol. The highest BCUT2D eigenvalue weighted by Crippen LogP contribution is 2.53. The number of rotatable bonds is 7. The van der Waals surface area contributed by atoms with Crippen molar-refractivity contribution in [2.75, 3.05) is 13.2 Å². The van der Waals surface area contributed by atoms with Crippen molar-refractivity contribution in [1.82, 2.24) is 0 Å². The van der Waals surface area contributed by atoms with Gasteiger partial charge in [-0.05, 0) is 37.6 Å². The second-order valence-corrected chi connectivity index (χ2v) is 7.26. The SMILES string of the molecule is CCOP(=O)(OCC)C(O)/C=C(\Cl)c1ccc(Br)cc1. The van der Waals surface area contributed by atoms with Crippen LogP contribution in [0.15, 0.2) is 34.8 Å². The molecule has 1 rings (SSSR count). The van der Waals surface area contributed by atoms with Crippen LogP contribution in [0.25, 0.3) is 5.03 Å². The summed E-state index contributed by atoms with van der Waals surface area (Å²) in [5, 5.41) is 10.3. The van der Waals surface area contributed by atoms with Gasteiger partial charge in [0.25, 0.3) is 0 Å². The first-order chi connectivity index (χ1) is 9.42. The molecule has 0 radical (unpaired) electrons. The average Bonchev–Trinajstić information content (AvgIpc) is 2.39. The fraction of sp³-hybridized carbons (Fsp3) is 0.385. The van der Waals surface area contributed by atoms with Gasteiger partial charge in [-0.3, -0.25) is 4.57 Å². The van der Waals surface area contributed by atoms with E-state index in [9.17, 15) is 9.67 Å². The van der Waals surface area contributed by atoms with Gasteiger partial charge >= 0.3 is 7.60 Å². The molecule has 1 atom stereocenters. The third kappa shape index (κ3) is 4.99. The summed E-state index contributed by atoms with van der Waals surface area (Å²) in [6.45, 7) is 3.72. The lowest BCUT2D eigenvalue weighted by molar-refractivity contribution is 0.169. The number of hydrogen-bond donors (Lipinski definition) is 1. The summed E-state index contributed by atoms with van der Waals surface area (Å²) < 4.78 is 23.4. The molecule has 0 aliphatic rings. The zero-order valence-corrected chi connectivity index (χ0v) is 14.5. The van der Waals surface area contributed by atoms with E-state index in [1.165, 1.54) is 6.08 Å². The minimum Gasteiger partial charge on any atom is -0.377 e. The number of hydrogen-bond acceptors (Lipinski definition) is 4. The summed E-state index contributed by atoms with van der Waals surface area (Å²) in [6, 6.07) is 7.20. The monoisotopic (exact) mass is 382 g/mol. The average molecular weight is 384 g/mol. The van der Waals surface area contributed by atoms with E-state index in [1.54, 1.807) is 26.0 Å². The minimum atomic E-state index is -3.61. The van der Waals surface area contributed by atoms with Gasteiger partial charge in [0.1, 0.15) is 0 Å². The fourth-order valence-electron chi connectivity index (χ4n) is 1.48. The summed E-state index contributed by atoms with van der Waals surface area (Å²) in [5.74, 6) is -1.40. The molecular formula is C13H17BrClO4P. The first-order valence-corrected chi connectivity index (χ1v) is 8.91.